The van der Waals surface area contributed by atoms with Gasteiger partial charge in [-0.2, -0.15) is 0 Å². The molecule has 1 aliphatic heterocycles. The van der Waals surface area contributed by atoms with E-state index >= 15 is 0 Å². The SMILES string of the molecule is CCNC1COCC1C(=O)N(C)Cc1ccc(Cl)c(Cl)c1. The van der Waals surface area contributed by atoms with E-state index in [1.54, 1.807) is 24.1 Å². The first-order chi connectivity index (χ1) is 10.0. The summed E-state index contributed by atoms with van der Waals surface area (Å²) >= 11 is 11.9. The number of likely N-dealkylation sites (N-methyl/N-ethyl adjacent to an activating group) is 1. The summed E-state index contributed by atoms with van der Waals surface area (Å²) in [7, 11) is 1.80. The van der Waals surface area contributed by atoms with Gasteiger partial charge >= 0.3 is 0 Å². The van der Waals surface area contributed by atoms with Crippen LogP contribution in [0.1, 0.15) is 12.5 Å². The van der Waals surface area contributed by atoms with Crippen LogP contribution in [0.5, 0.6) is 0 Å². The van der Waals surface area contributed by atoms with Gasteiger partial charge in [0.1, 0.15) is 0 Å². The zero-order valence-corrected chi connectivity index (χ0v) is 13.7. The van der Waals surface area contributed by atoms with E-state index in [1.165, 1.54) is 0 Å². The van der Waals surface area contributed by atoms with E-state index in [-0.39, 0.29) is 17.9 Å². The molecule has 6 heteroatoms. The van der Waals surface area contributed by atoms with Gasteiger partial charge in [-0.25, -0.2) is 0 Å². The number of hydrogen-bond acceptors (Lipinski definition) is 3. The first-order valence-electron chi connectivity index (χ1n) is 7.03. The van der Waals surface area contributed by atoms with Crippen LogP contribution >= 0.6 is 23.2 Å². The Morgan fingerprint density at radius 2 is 2.14 bits per heavy atom. The highest BCUT2D eigenvalue weighted by Crippen LogP contribution is 2.24. The fraction of sp³-hybridized carbons (Fsp3) is 0.533. The van der Waals surface area contributed by atoms with Crippen LogP contribution < -0.4 is 5.32 Å². The third kappa shape index (κ3) is 4.10. The zero-order chi connectivity index (χ0) is 15.4. The molecule has 1 aliphatic rings. The average Bonchev–Trinajstić information content (AvgIpc) is 2.90. The van der Waals surface area contributed by atoms with Crippen LogP contribution in [0.25, 0.3) is 0 Å². The molecule has 1 aromatic rings. The van der Waals surface area contributed by atoms with Crippen molar-refractivity contribution in [2.75, 3.05) is 26.8 Å². The maximum Gasteiger partial charge on any atom is 0.229 e. The van der Waals surface area contributed by atoms with Crippen molar-refractivity contribution in [1.82, 2.24) is 10.2 Å². The molecule has 2 atom stereocenters. The van der Waals surface area contributed by atoms with E-state index in [2.05, 4.69) is 5.32 Å². The van der Waals surface area contributed by atoms with Gasteiger partial charge < -0.3 is 15.0 Å². The number of amides is 1. The lowest BCUT2D eigenvalue weighted by Gasteiger charge is -2.24. The predicted molar refractivity (Wildman–Crippen MR) is 84.7 cm³/mol. The molecule has 116 valence electrons. The van der Waals surface area contributed by atoms with Crippen LogP contribution in [-0.2, 0) is 16.1 Å². The van der Waals surface area contributed by atoms with E-state index in [4.69, 9.17) is 27.9 Å². The number of carbonyl (C=O) groups excluding carboxylic acids is 1. The van der Waals surface area contributed by atoms with Gasteiger partial charge in [0.2, 0.25) is 5.91 Å². The Balaban J connectivity index is 2.00. The molecular weight excluding hydrogens is 311 g/mol. The molecular formula is C15H20Cl2N2O2. The fourth-order valence-electron chi connectivity index (χ4n) is 2.53. The van der Waals surface area contributed by atoms with Crippen LogP contribution in [-0.4, -0.2) is 43.7 Å². The molecule has 0 saturated carbocycles. The normalized spacial score (nSPS) is 21.5. The lowest BCUT2D eigenvalue weighted by molar-refractivity contribution is -0.135. The first-order valence-corrected chi connectivity index (χ1v) is 7.78. The standard InChI is InChI=1S/C15H20Cl2N2O2/c1-3-18-14-9-21-8-11(14)15(20)19(2)7-10-4-5-12(16)13(17)6-10/h4-6,11,14,18H,3,7-9H2,1-2H3. The monoisotopic (exact) mass is 330 g/mol. The number of nitrogens with one attached hydrogen (secondary N) is 1. The van der Waals surface area contributed by atoms with E-state index in [0.717, 1.165) is 12.1 Å². The quantitative estimate of drug-likeness (QED) is 0.902. The predicted octanol–water partition coefficient (Wildman–Crippen LogP) is 2.58. The van der Waals surface area contributed by atoms with Crippen molar-refractivity contribution in [2.45, 2.75) is 19.5 Å². The van der Waals surface area contributed by atoms with Gasteiger partial charge in [-0.15, -0.1) is 0 Å². The molecule has 1 saturated heterocycles. The fourth-order valence-corrected chi connectivity index (χ4v) is 2.85. The Kier molecular flexibility index (Phi) is 5.88. The Morgan fingerprint density at radius 3 is 2.81 bits per heavy atom. The van der Waals surface area contributed by atoms with E-state index in [0.29, 0.717) is 29.8 Å². The van der Waals surface area contributed by atoms with Crippen molar-refractivity contribution in [3.05, 3.63) is 33.8 Å². The molecule has 2 unspecified atom stereocenters. The molecule has 1 fully saturated rings. The van der Waals surface area contributed by atoms with Gasteiger partial charge in [-0.1, -0.05) is 36.2 Å². The Morgan fingerprint density at radius 1 is 1.38 bits per heavy atom. The summed E-state index contributed by atoms with van der Waals surface area (Å²) in [6.45, 7) is 4.42. The van der Waals surface area contributed by atoms with Gasteiger partial charge in [-0.3, -0.25) is 4.79 Å². The third-order valence-corrected chi connectivity index (χ3v) is 4.38. The van der Waals surface area contributed by atoms with E-state index in [1.807, 2.05) is 13.0 Å². The summed E-state index contributed by atoms with van der Waals surface area (Å²) in [4.78, 5) is 14.2. The van der Waals surface area contributed by atoms with Crippen molar-refractivity contribution in [3.63, 3.8) is 0 Å². The molecule has 1 aromatic carbocycles. The Hall–Kier alpha value is -0.810. The summed E-state index contributed by atoms with van der Waals surface area (Å²) < 4.78 is 5.43. The van der Waals surface area contributed by atoms with Gasteiger partial charge in [-0.05, 0) is 24.2 Å². The lowest BCUT2D eigenvalue weighted by Crippen LogP contribution is -2.44. The van der Waals surface area contributed by atoms with Gasteiger partial charge in [0, 0.05) is 19.6 Å². The summed E-state index contributed by atoms with van der Waals surface area (Å²) in [5.41, 5.74) is 0.958. The molecule has 1 heterocycles. The minimum atomic E-state index is -0.127. The average molecular weight is 331 g/mol. The minimum Gasteiger partial charge on any atom is -0.379 e. The largest absolute Gasteiger partial charge is 0.379 e. The molecule has 0 aromatic heterocycles. The molecule has 21 heavy (non-hydrogen) atoms. The maximum atomic E-state index is 12.5. The highest BCUT2D eigenvalue weighted by atomic mass is 35.5. The molecule has 0 spiro atoms. The first kappa shape index (κ1) is 16.6. The highest BCUT2D eigenvalue weighted by molar-refractivity contribution is 6.42. The number of benzene rings is 1. The van der Waals surface area contributed by atoms with Crippen molar-refractivity contribution in [3.8, 4) is 0 Å². The van der Waals surface area contributed by atoms with Crippen LogP contribution in [0.15, 0.2) is 18.2 Å². The topological polar surface area (TPSA) is 41.6 Å². The second-order valence-electron chi connectivity index (χ2n) is 5.25. The zero-order valence-electron chi connectivity index (χ0n) is 12.2. The maximum absolute atomic E-state index is 12.5. The van der Waals surface area contributed by atoms with E-state index in [9.17, 15) is 4.79 Å². The number of nitrogens with zero attached hydrogens (tertiary/aromatic N) is 1. The molecule has 2 rings (SSSR count). The Labute approximate surface area is 135 Å². The van der Waals surface area contributed by atoms with Crippen LogP contribution in [0.3, 0.4) is 0 Å². The number of halogens is 2. The summed E-state index contributed by atoms with van der Waals surface area (Å²) in [5, 5.41) is 4.32. The molecule has 0 aliphatic carbocycles. The smallest absolute Gasteiger partial charge is 0.229 e. The molecule has 0 radical (unpaired) electrons. The lowest BCUT2D eigenvalue weighted by atomic mass is 10.0. The summed E-state index contributed by atoms with van der Waals surface area (Å²) in [6, 6.07) is 5.52. The second kappa shape index (κ2) is 7.45. The highest BCUT2D eigenvalue weighted by Gasteiger charge is 2.35. The van der Waals surface area contributed by atoms with Gasteiger partial charge in [0.25, 0.3) is 0 Å². The number of rotatable bonds is 5. The molecule has 4 nitrogen and oxygen atoms in total. The van der Waals surface area contributed by atoms with Crippen molar-refractivity contribution in [2.24, 2.45) is 5.92 Å². The molecule has 0 bridgehead atoms. The van der Waals surface area contributed by atoms with Gasteiger partial charge in [0.05, 0.1) is 29.2 Å². The van der Waals surface area contributed by atoms with Crippen molar-refractivity contribution < 1.29 is 9.53 Å². The Bertz CT molecular complexity index is 510. The minimum absolute atomic E-state index is 0.0875. The summed E-state index contributed by atoms with van der Waals surface area (Å²) in [6.07, 6.45) is 0. The van der Waals surface area contributed by atoms with E-state index < -0.39 is 0 Å². The number of ether oxygens (including phenoxy) is 1. The van der Waals surface area contributed by atoms with Crippen molar-refractivity contribution in [1.29, 1.82) is 0 Å². The van der Waals surface area contributed by atoms with Crippen LogP contribution in [0.4, 0.5) is 0 Å². The van der Waals surface area contributed by atoms with Crippen LogP contribution in [0, 0.1) is 5.92 Å². The molecule has 1 amide bonds. The third-order valence-electron chi connectivity index (χ3n) is 3.64. The number of carbonyl (C=O) groups is 1. The second-order valence-corrected chi connectivity index (χ2v) is 6.07. The van der Waals surface area contributed by atoms with Crippen LogP contribution in [0.2, 0.25) is 10.0 Å². The molecule has 1 N–H and O–H groups in total. The van der Waals surface area contributed by atoms with Gasteiger partial charge in [0.15, 0.2) is 0 Å². The number of hydrogen-bond donors (Lipinski definition) is 1. The van der Waals surface area contributed by atoms with Crippen molar-refractivity contribution >= 4 is 29.1 Å². The summed E-state index contributed by atoms with van der Waals surface area (Å²) in [5.74, 6) is -0.0396.